The second-order valence-electron chi connectivity index (χ2n) is 3.63. The summed E-state index contributed by atoms with van der Waals surface area (Å²) in [6, 6.07) is 2.03. The molecule has 1 heterocycles. The summed E-state index contributed by atoms with van der Waals surface area (Å²) in [6.07, 6.45) is 2.61. The largest absolute Gasteiger partial charge is 0.466 e. The third-order valence-corrected chi connectivity index (χ3v) is 3.36. The molecule has 17 heavy (non-hydrogen) atoms. The molecule has 0 saturated carbocycles. The topological polar surface area (TPSA) is 44.1 Å². The number of nitrogens with zero attached hydrogens (tertiary/aromatic N) is 2. The van der Waals surface area contributed by atoms with Gasteiger partial charge >= 0.3 is 5.97 Å². The second kappa shape index (κ2) is 6.49. The molecule has 0 N–H and O–H groups in total. The maximum absolute atomic E-state index is 11.3. The van der Waals surface area contributed by atoms with Crippen molar-refractivity contribution < 1.29 is 9.53 Å². The lowest BCUT2D eigenvalue weighted by Gasteiger charge is -2.02. The van der Waals surface area contributed by atoms with Crippen LogP contribution in [-0.2, 0) is 16.6 Å². The minimum absolute atomic E-state index is 0.241. The maximum Gasteiger partial charge on any atom is 0.333 e. The number of hydrogen-bond acceptors (Lipinski definition) is 4. The normalized spacial score (nSPS) is 11.6. The zero-order valence-corrected chi connectivity index (χ0v) is 11.5. The smallest absolute Gasteiger partial charge is 0.333 e. The molecule has 1 aromatic rings. The zero-order chi connectivity index (χ0) is 12.8. The van der Waals surface area contributed by atoms with Crippen LogP contribution in [0.2, 0.25) is 0 Å². The van der Waals surface area contributed by atoms with E-state index in [1.54, 1.807) is 11.8 Å². The second-order valence-corrected chi connectivity index (χ2v) is 4.67. The number of aromatic nitrogens is 2. The molecule has 5 heteroatoms. The highest BCUT2D eigenvalue weighted by Crippen LogP contribution is 2.19. The van der Waals surface area contributed by atoms with Gasteiger partial charge in [0, 0.05) is 18.4 Å². The fourth-order valence-electron chi connectivity index (χ4n) is 1.45. The Morgan fingerprint density at radius 3 is 2.82 bits per heavy atom. The Kier molecular flexibility index (Phi) is 5.28. The van der Waals surface area contributed by atoms with E-state index < -0.39 is 0 Å². The van der Waals surface area contributed by atoms with Crippen molar-refractivity contribution in [2.24, 2.45) is 7.05 Å². The molecule has 0 amide bonds. The molecule has 0 aromatic carbocycles. The number of thioether (sulfide) groups is 1. The first-order valence-electron chi connectivity index (χ1n) is 5.49. The van der Waals surface area contributed by atoms with E-state index in [1.165, 1.54) is 7.11 Å². The monoisotopic (exact) mass is 254 g/mol. The first-order chi connectivity index (χ1) is 8.08. The van der Waals surface area contributed by atoms with Gasteiger partial charge in [-0.1, -0.05) is 13.0 Å². The summed E-state index contributed by atoms with van der Waals surface area (Å²) < 4.78 is 6.54. The van der Waals surface area contributed by atoms with Crippen LogP contribution < -0.4 is 0 Å². The third-order valence-electron chi connectivity index (χ3n) is 2.35. The Bertz CT molecular complexity index is 424. The van der Waals surface area contributed by atoms with Crippen molar-refractivity contribution in [2.45, 2.75) is 25.3 Å². The molecule has 0 bridgehead atoms. The van der Waals surface area contributed by atoms with E-state index in [4.69, 9.17) is 4.74 Å². The highest BCUT2D eigenvalue weighted by Gasteiger charge is 2.07. The van der Waals surface area contributed by atoms with Gasteiger partial charge in [0.05, 0.1) is 17.8 Å². The lowest BCUT2D eigenvalue weighted by Crippen LogP contribution is -2.04. The number of methoxy groups -OCH3 is 1. The molecule has 1 aromatic heterocycles. The summed E-state index contributed by atoms with van der Waals surface area (Å²) in [7, 11) is 3.32. The van der Waals surface area contributed by atoms with Crippen molar-refractivity contribution in [1.29, 1.82) is 0 Å². The lowest BCUT2D eigenvalue weighted by molar-refractivity contribution is -0.136. The average Bonchev–Trinajstić information content (AvgIpc) is 2.62. The van der Waals surface area contributed by atoms with Crippen LogP contribution in [0.1, 0.15) is 19.0 Å². The van der Waals surface area contributed by atoms with Gasteiger partial charge in [0.2, 0.25) is 0 Å². The van der Waals surface area contributed by atoms with E-state index in [1.807, 2.05) is 37.7 Å². The van der Waals surface area contributed by atoms with Crippen molar-refractivity contribution >= 4 is 17.7 Å². The average molecular weight is 254 g/mol. The van der Waals surface area contributed by atoms with Crippen molar-refractivity contribution in [3.05, 3.63) is 23.4 Å². The molecule has 0 fully saturated rings. The number of carbonyl (C=O) groups is 1. The first kappa shape index (κ1) is 13.8. The summed E-state index contributed by atoms with van der Waals surface area (Å²) in [5.74, 6) is 0.506. The predicted octanol–water partition coefficient (Wildman–Crippen LogP) is 2.33. The van der Waals surface area contributed by atoms with Crippen molar-refractivity contribution in [1.82, 2.24) is 9.78 Å². The molecule has 0 atom stereocenters. The summed E-state index contributed by atoms with van der Waals surface area (Å²) >= 11 is 1.66. The summed E-state index contributed by atoms with van der Waals surface area (Å²) in [4.78, 5) is 11.3. The Balaban J connectivity index is 2.59. The molecular formula is C12H18N2O2S. The number of hydrogen-bond donors (Lipinski definition) is 0. The number of carbonyl (C=O) groups excluding carboxylic acids is 1. The fraction of sp³-hybridized carbons (Fsp3) is 0.500. The molecule has 0 unspecified atom stereocenters. The van der Waals surface area contributed by atoms with Gasteiger partial charge < -0.3 is 4.74 Å². The van der Waals surface area contributed by atoms with E-state index in [-0.39, 0.29) is 5.97 Å². The zero-order valence-electron chi connectivity index (χ0n) is 10.7. The standard InChI is InChI=1S/C12H18N2O2S/c1-5-10(12(15)16-4)6-7-17-11-8-9(2)13-14(11)3/h6,8H,5,7H2,1-4H3. The molecule has 1 rings (SSSR count). The van der Waals surface area contributed by atoms with E-state index in [0.29, 0.717) is 6.42 Å². The summed E-state index contributed by atoms with van der Waals surface area (Å²) in [5, 5.41) is 5.36. The van der Waals surface area contributed by atoms with Crippen LogP contribution in [0.25, 0.3) is 0 Å². The van der Waals surface area contributed by atoms with E-state index in [9.17, 15) is 4.79 Å². The van der Waals surface area contributed by atoms with E-state index >= 15 is 0 Å². The van der Waals surface area contributed by atoms with Gasteiger partial charge in [-0.05, 0) is 19.4 Å². The molecule has 94 valence electrons. The van der Waals surface area contributed by atoms with Crippen LogP contribution in [-0.4, -0.2) is 28.6 Å². The predicted molar refractivity (Wildman–Crippen MR) is 69.1 cm³/mol. The van der Waals surface area contributed by atoms with Gasteiger partial charge in [0.1, 0.15) is 0 Å². The Morgan fingerprint density at radius 2 is 2.35 bits per heavy atom. The van der Waals surface area contributed by atoms with E-state index in [2.05, 4.69) is 5.10 Å². The lowest BCUT2D eigenvalue weighted by atomic mass is 10.2. The minimum Gasteiger partial charge on any atom is -0.466 e. The minimum atomic E-state index is -0.241. The van der Waals surface area contributed by atoms with Crippen LogP contribution in [0.5, 0.6) is 0 Å². The molecule has 0 aliphatic rings. The molecule has 0 aliphatic carbocycles. The quantitative estimate of drug-likeness (QED) is 0.459. The van der Waals surface area contributed by atoms with Gasteiger partial charge in [-0.3, -0.25) is 4.68 Å². The van der Waals surface area contributed by atoms with Gasteiger partial charge in [0.25, 0.3) is 0 Å². The van der Waals surface area contributed by atoms with Gasteiger partial charge in [-0.2, -0.15) is 5.10 Å². The summed E-state index contributed by atoms with van der Waals surface area (Å²) in [5.41, 5.74) is 1.72. The summed E-state index contributed by atoms with van der Waals surface area (Å²) in [6.45, 7) is 3.91. The molecule has 0 saturated heterocycles. The molecule has 0 spiro atoms. The Labute approximate surface area is 106 Å². The molecular weight excluding hydrogens is 236 g/mol. The maximum atomic E-state index is 11.3. The SMILES string of the molecule is CCC(=CCSc1cc(C)nn1C)C(=O)OC. The highest BCUT2D eigenvalue weighted by atomic mass is 32.2. The van der Waals surface area contributed by atoms with Crippen molar-refractivity contribution in [3.8, 4) is 0 Å². The number of aryl methyl sites for hydroxylation is 2. The van der Waals surface area contributed by atoms with Crippen LogP contribution in [0, 0.1) is 6.92 Å². The van der Waals surface area contributed by atoms with Crippen LogP contribution in [0.15, 0.2) is 22.7 Å². The Morgan fingerprint density at radius 1 is 1.65 bits per heavy atom. The fourth-order valence-corrected chi connectivity index (χ4v) is 2.39. The first-order valence-corrected chi connectivity index (χ1v) is 6.47. The van der Waals surface area contributed by atoms with Crippen molar-refractivity contribution in [2.75, 3.05) is 12.9 Å². The number of esters is 1. The number of rotatable bonds is 5. The molecule has 4 nitrogen and oxygen atoms in total. The van der Waals surface area contributed by atoms with Crippen LogP contribution in [0.3, 0.4) is 0 Å². The number of ether oxygens (including phenoxy) is 1. The van der Waals surface area contributed by atoms with Crippen LogP contribution >= 0.6 is 11.8 Å². The van der Waals surface area contributed by atoms with Gasteiger partial charge in [-0.15, -0.1) is 11.8 Å². The van der Waals surface area contributed by atoms with E-state index in [0.717, 1.165) is 22.0 Å². The van der Waals surface area contributed by atoms with Crippen LogP contribution in [0.4, 0.5) is 0 Å². The molecule has 0 aliphatic heterocycles. The van der Waals surface area contributed by atoms with Crippen molar-refractivity contribution in [3.63, 3.8) is 0 Å². The van der Waals surface area contributed by atoms with Gasteiger partial charge in [-0.25, -0.2) is 4.79 Å². The van der Waals surface area contributed by atoms with Gasteiger partial charge in [0.15, 0.2) is 0 Å². The molecule has 0 radical (unpaired) electrons. The highest BCUT2D eigenvalue weighted by molar-refractivity contribution is 7.99. The third kappa shape index (κ3) is 3.93. The Hall–Kier alpha value is -1.23.